The summed E-state index contributed by atoms with van der Waals surface area (Å²) in [5.74, 6) is 0.344. The molecular weight excluding hydrogens is 372 g/mol. The van der Waals surface area contributed by atoms with Crippen molar-refractivity contribution >= 4 is 38.5 Å². The van der Waals surface area contributed by atoms with E-state index in [2.05, 4.69) is 21.2 Å². The monoisotopic (exact) mass is 386 g/mol. The lowest BCUT2D eigenvalue weighted by Crippen LogP contribution is -2.20. The van der Waals surface area contributed by atoms with Crippen LogP contribution in [-0.4, -0.2) is 12.5 Å². The highest BCUT2D eigenvalue weighted by Crippen LogP contribution is 2.20. The summed E-state index contributed by atoms with van der Waals surface area (Å²) >= 11 is 3.38. The zero-order chi connectivity index (χ0) is 17.1. The normalized spacial score (nSPS) is 10.6. The molecule has 6 heteroatoms. The van der Waals surface area contributed by atoms with Gasteiger partial charge in [-0.1, -0.05) is 15.9 Å². The number of nitrogens with one attached hydrogen (secondary N) is 2. The number of rotatable bonds is 4. The van der Waals surface area contributed by atoms with Crippen molar-refractivity contribution in [3.8, 4) is 5.75 Å². The average molecular weight is 387 g/mol. The molecule has 1 aromatic heterocycles. The first-order chi connectivity index (χ1) is 11.6. The molecule has 0 radical (unpaired) electrons. The maximum atomic E-state index is 12.4. The third-order valence-electron chi connectivity index (χ3n) is 3.40. The number of ether oxygens (including phenoxy) is 1. The van der Waals surface area contributed by atoms with Crippen LogP contribution in [0.25, 0.3) is 11.0 Å². The molecule has 0 aliphatic carbocycles. The third kappa shape index (κ3) is 3.49. The van der Waals surface area contributed by atoms with Crippen LogP contribution in [-0.2, 0) is 0 Å². The second kappa shape index (κ2) is 6.88. The largest absolute Gasteiger partial charge is 0.494 e. The van der Waals surface area contributed by atoms with E-state index in [-0.39, 0.29) is 11.1 Å². The van der Waals surface area contributed by atoms with Gasteiger partial charge in [0.05, 0.1) is 6.61 Å². The van der Waals surface area contributed by atoms with E-state index in [1.807, 2.05) is 19.1 Å². The van der Waals surface area contributed by atoms with Gasteiger partial charge in [0, 0.05) is 15.5 Å². The number of halogens is 1. The Morgan fingerprint density at radius 3 is 2.67 bits per heavy atom. The summed E-state index contributed by atoms with van der Waals surface area (Å²) in [4.78, 5) is 12.4. The van der Waals surface area contributed by atoms with Crippen LogP contribution < -0.4 is 15.6 Å². The summed E-state index contributed by atoms with van der Waals surface area (Å²) < 4.78 is 11.7. The van der Waals surface area contributed by atoms with Crippen molar-refractivity contribution < 1.29 is 13.9 Å². The van der Waals surface area contributed by atoms with Crippen LogP contribution in [0.4, 0.5) is 5.69 Å². The van der Waals surface area contributed by atoms with Crippen molar-refractivity contribution in [2.24, 2.45) is 0 Å². The molecule has 0 spiro atoms. The predicted octanol–water partition coefficient (Wildman–Crippen LogP) is 4.33. The Labute approximate surface area is 146 Å². The Hall–Kier alpha value is -2.60. The molecule has 0 bridgehead atoms. The van der Waals surface area contributed by atoms with E-state index < -0.39 is 5.91 Å². The van der Waals surface area contributed by atoms with Crippen LogP contribution >= 0.6 is 15.9 Å². The molecule has 3 rings (SSSR count). The SMILES string of the molecule is CCOc1ccc(NC(=O)c2cc3cc(Br)ccc3oc2=N)cc1. The molecule has 0 aliphatic rings. The Bertz CT molecular complexity index is 949. The molecule has 24 heavy (non-hydrogen) atoms. The summed E-state index contributed by atoms with van der Waals surface area (Å²) in [5, 5.41) is 11.4. The van der Waals surface area contributed by atoms with E-state index in [1.165, 1.54) is 0 Å². The van der Waals surface area contributed by atoms with Crippen molar-refractivity contribution in [2.75, 3.05) is 11.9 Å². The fourth-order valence-corrected chi connectivity index (χ4v) is 2.66. The maximum absolute atomic E-state index is 12.4. The molecular formula is C18H15BrN2O3. The van der Waals surface area contributed by atoms with E-state index in [9.17, 15) is 4.79 Å². The number of amides is 1. The Balaban J connectivity index is 1.87. The first-order valence-corrected chi connectivity index (χ1v) is 8.18. The minimum absolute atomic E-state index is 0.173. The van der Waals surface area contributed by atoms with Gasteiger partial charge in [0.1, 0.15) is 16.9 Å². The highest BCUT2D eigenvalue weighted by molar-refractivity contribution is 9.10. The van der Waals surface area contributed by atoms with E-state index in [1.54, 1.807) is 36.4 Å². The van der Waals surface area contributed by atoms with Crippen LogP contribution in [0.2, 0.25) is 0 Å². The molecule has 0 saturated heterocycles. The van der Waals surface area contributed by atoms with E-state index in [4.69, 9.17) is 14.6 Å². The summed E-state index contributed by atoms with van der Waals surface area (Å²) in [5.41, 5.74) is 1.18. The Morgan fingerprint density at radius 2 is 1.96 bits per heavy atom. The maximum Gasteiger partial charge on any atom is 0.261 e. The number of fused-ring (bicyclic) bond motifs is 1. The molecule has 0 unspecified atom stereocenters. The predicted molar refractivity (Wildman–Crippen MR) is 95.3 cm³/mol. The highest BCUT2D eigenvalue weighted by Gasteiger charge is 2.12. The van der Waals surface area contributed by atoms with Crippen LogP contribution in [0.1, 0.15) is 17.3 Å². The van der Waals surface area contributed by atoms with Gasteiger partial charge in [-0.05, 0) is 55.5 Å². The van der Waals surface area contributed by atoms with Gasteiger partial charge in [-0.3, -0.25) is 10.2 Å². The summed E-state index contributed by atoms with van der Waals surface area (Å²) in [6.45, 7) is 2.50. The fraction of sp³-hybridized carbons (Fsp3) is 0.111. The van der Waals surface area contributed by atoms with Gasteiger partial charge >= 0.3 is 0 Å². The van der Waals surface area contributed by atoms with Gasteiger partial charge in [-0.2, -0.15) is 0 Å². The zero-order valence-electron chi connectivity index (χ0n) is 12.9. The molecule has 2 aromatic carbocycles. The molecule has 122 valence electrons. The third-order valence-corrected chi connectivity index (χ3v) is 3.89. The van der Waals surface area contributed by atoms with Gasteiger partial charge in [0.25, 0.3) is 5.91 Å². The number of hydrogen-bond donors (Lipinski definition) is 2. The lowest BCUT2D eigenvalue weighted by molar-refractivity contribution is 0.102. The molecule has 0 aliphatic heterocycles. The molecule has 1 heterocycles. The van der Waals surface area contributed by atoms with Crippen LogP contribution in [0, 0.1) is 5.41 Å². The van der Waals surface area contributed by atoms with E-state index in [0.29, 0.717) is 17.9 Å². The number of carbonyl (C=O) groups is 1. The first kappa shape index (κ1) is 16.3. The quantitative estimate of drug-likeness (QED) is 0.700. The lowest BCUT2D eigenvalue weighted by atomic mass is 10.1. The topological polar surface area (TPSA) is 75.3 Å². The van der Waals surface area contributed by atoms with Crippen molar-refractivity contribution in [3.63, 3.8) is 0 Å². The van der Waals surface area contributed by atoms with Crippen molar-refractivity contribution in [2.45, 2.75) is 6.92 Å². The highest BCUT2D eigenvalue weighted by atomic mass is 79.9. The zero-order valence-corrected chi connectivity index (χ0v) is 14.5. The molecule has 0 fully saturated rings. The molecule has 2 N–H and O–H groups in total. The lowest BCUT2D eigenvalue weighted by Gasteiger charge is -2.08. The van der Waals surface area contributed by atoms with Crippen LogP contribution in [0.15, 0.2) is 57.4 Å². The average Bonchev–Trinajstić information content (AvgIpc) is 2.56. The van der Waals surface area contributed by atoms with Gasteiger partial charge < -0.3 is 14.5 Å². The Morgan fingerprint density at radius 1 is 1.21 bits per heavy atom. The molecule has 1 amide bonds. The molecule has 3 aromatic rings. The van der Waals surface area contributed by atoms with Crippen molar-refractivity contribution in [3.05, 3.63) is 64.1 Å². The second-order valence-electron chi connectivity index (χ2n) is 5.08. The van der Waals surface area contributed by atoms with Gasteiger partial charge in [0.15, 0.2) is 0 Å². The van der Waals surface area contributed by atoms with Crippen LogP contribution in [0.3, 0.4) is 0 Å². The van der Waals surface area contributed by atoms with Gasteiger partial charge in [-0.25, -0.2) is 0 Å². The number of anilines is 1. The molecule has 0 atom stereocenters. The van der Waals surface area contributed by atoms with E-state index in [0.717, 1.165) is 15.6 Å². The summed E-state index contributed by atoms with van der Waals surface area (Å²) in [7, 11) is 0. The summed E-state index contributed by atoms with van der Waals surface area (Å²) in [6, 6.07) is 14.1. The molecule has 5 nitrogen and oxygen atoms in total. The minimum atomic E-state index is -0.394. The number of carbonyl (C=O) groups excluding carboxylic acids is 1. The standard InChI is InChI=1S/C18H15BrN2O3/c1-2-23-14-6-4-13(5-7-14)21-18(22)15-10-11-9-12(19)3-8-16(11)24-17(15)20/h3-10,20H,2H2,1H3,(H,21,22). The second-order valence-corrected chi connectivity index (χ2v) is 6.00. The first-order valence-electron chi connectivity index (χ1n) is 7.39. The number of hydrogen-bond acceptors (Lipinski definition) is 4. The molecule has 0 saturated carbocycles. The van der Waals surface area contributed by atoms with E-state index >= 15 is 0 Å². The van der Waals surface area contributed by atoms with Crippen molar-refractivity contribution in [1.82, 2.24) is 0 Å². The smallest absolute Gasteiger partial charge is 0.261 e. The van der Waals surface area contributed by atoms with Crippen molar-refractivity contribution in [1.29, 1.82) is 5.41 Å². The number of benzene rings is 2. The van der Waals surface area contributed by atoms with Crippen LogP contribution in [0.5, 0.6) is 5.75 Å². The van der Waals surface area contributed by atoms with Gasteiger partial charge in [0.2, 0.25) is 5.55 Å². The minimum Gasteiger partial charge on any atom is -0.494 e. The fourth-order valence-electron chi connectivity index (χ4n) is 2.28. The van der Waals surface area contributed by atoms with Gasteiger partial charge in [-0.15, -0.1) is 0 Å². The Kier molecular flexibility index (Phi) is 4.66. The summed E-state index contributed by atoms with van der Waals surface area (Å²) in [6.07, 6.45) is 0.